The average molecular weight is 390 g/mol. The summed E-state index contributed by atoms with van der Waals surface area (Å²) in [6.45, 7) is 2.75. The Hall–Kier alpha value is -0.580. The summed E-state index contributed by atoms with van der Waals surface area (Å²) >= 11 is 3.53. The van der Waals surface area contributed by atoms with Crippen LogP contribution in [0.2, 0.25) is 0 Å². The lowest BCUT2D eigenvalue weighted by molar-refractivity contribution is -0.128. The van der Waals surface area contributed by atoms with Gasteiger partial charge in [-0.15, -0.1) is 12.4 Å². The van der Waals surface area contributed by atoms with Crippen molar-refractivity contribution in [2.45, 2.75) is 50.5 Å². The molecular weight excluding hydrogens is 364 g/mol. The third kappa shape index (κ3) is 4.46. The number of carbonyl (C=O) groups is 1. The lowest BCUT2D eigenvalue weighted by Gasteiger charge is -2.36. The van der Waals surface area contributed by atoms with Gasteiger partial charge in [0.1, 0.15) is 0 Å². The van der Waals surface area contributed by atoms with Gasteiger partial charge in [0.15, 0.2) is 0 Å². The predicted molar refractivity (Wildman–Crippen MR) is 97.7 cm³/mol. The Balaban J connectivity index is 0.00000242. The summed E-state index contributed by atoms with van der Waals surface area (Å²) in [5.74, 6) is 0.183. The van der Waals surface area contributed by atoms with Gasteiger partial charge in [0, 0.05) is 17.1 Å². The summed E-state index contributed by atoms with van der Waals surface area (Å²) in [5.41, 5.74) is 0.793. The molecular formula is C17H26BrClN2O. The molecule has 1 amide bonds. The van der Waals surface area contributed by atoms with Crippen molar-refractivity contribution in [3.63, 3.8) is 0 Å². The highest BCUT2D eigenvalue weighted by Gasteiger charge is 2.41. The summed E-state index contributed by atoms with van der Waals surface area (Å²) in [6.07, 6.45) is 5.38. The van der Waals surface area contributed by atoms with Crippen LogP contribution in [0.5, 0.6) is 0 Å². The molecule has 2 rings (SSSR count). The van der Waals surface area contributed by atoms with Crippen molar-refractivity contribution in [3.8, 4) is 0 Å². The number of amides is 1. The van der Waals surface area contributed by atoms with Gasteiger partial charge in [-0.1, -0.05) is 47.3 Å². The molecule has 0 spiro atoms. The Morgan fingerprint density at radius 1 is 1.32 bits per heavy atom. The first-order valence-corrected chi connectivity index (χ1v) is 8.59. The SMILES string of the molecule is CNC(C)CNC(=O)C1(c2cccc(Br)c2)CCCCC1.Cl. The minimum absolute atomic E-state index is 0. The fraction of sp³-hybridized carbons (Fsp3) is 0.588. The number of halogens is 2. The number of hydrogen-bond donors (Lipinski definition) is 2. The molecule has 1 aromatic rings. The van der Waals surface area contributed by atoms with Crippen LogP contribution >= 0.6 is 28.3 Å². The topological polar surface area (TPSA) is 41.1 Å². The van der Waals surface area contributed by atoms with Gasteiger partial charge in [0.05, 0.1) is 5.41 Å². The smallest absolute Gasteiger partial charge is 0.230 e. The minimum Gasteiger partial charge on any atom is -0.354 e. The van der Waals surface area contributed by atoms with Crippen LogP contribution in [0.1, 0.15) is 44.6 Å². The molecule has 1 aromatic carbocycles. The Bertz CT molecular complexity index is 489. The standard InChI is InChI=1S/C17H25BrN2O.ClH/c1-13(19-2)12-20-16(21)17(9-4-3-5-10-17)14-7-6-8-15(18)11-14;/h6-8,11,13,19H,3-5,9-10,12H2,1-2H3,(H,20,21);1H. The third-order valence-electron chi connectivity index (χ3n) is 4.58. The lowest BCUT2D eigenvalue weighted by Crippen LogP contribution is -2.48. The van der Waals surface area contributed by atoms with E-state index in [1.165, 1.54) is 6.42 Å². The molecule has 3 nitrogen and oxygen atoms in total. The van der Waals surface area contributed by atoms with Crippen molar-refractivity contribution in [2.24, 2.45) is 0 Å². The van der Waals surface area contributed by atoms with Crippen molar-refractivity contribution in [1.29, 1.82) is 0 Å². The van der Waals surface area contributed by atoms with Gasteiger partial charge in [-0.3, -0.25) is 4.79 Å². The molecule has 2 N–H and O–H groups in total. The van der Waals surface area contributed by atoms with E-state index in [-0.39, 0.29) is 29.8 Å². The van der Waals surface area contributed by atoms with Gasteiger partial charge < -0.3 is 10.6 Å². The number of nitrogens with one attached hydrogen (secondary N) is 2. The molecule has 1 fully saturated rings. The molecule has 1 unspecified atom stereocenters. The predicted octanol–water partition coefficient (Wildman–Crippen LogP) is 3.80. The number of benzene rings is 1. The van der Waals surface area contributed by atoms with Crippen LogP contribution in [0.4, 0.5) is 0 Å². The fourth-order valence-electron chi connectivity index (χ4n) is 3.11. The monoisotopic (exact) mass is 388 g/mol. The van der Waals surface area contributed by atoms with E-state index in [2.05, 4.69) is 45.6 Å². The van der Waals surface area contributed by atoms with E-state index < -0.39 is 0 Å². The van der Waals surface area contributed by atoms with E-state index >= 15 is 0 Å². The van der Waals surface area contributed by atoms with Gasteiger partial charge in [0.25, 0.3) is 0 Å². The molecule has 0 bridgehead atoms. The van der Waals surface area contributed by atoms with Crippen molar-refractivity contribution in [1.82, 2.24) is 10.6 Å². The molecule has 0 aliphatic heterocycles. The molecule has 0 aromatic heterocycles. The number of rotatable bonds is 5. The largest absolute Gasteiger partial charge is 0.354 e. The zero-order valence-electron chi connectivity index (χ0n) is 13.3. The molecule has 1 aliphatic rings. The molecule has 0 saturated heterocycles. The Morgan fingerprint density at radius 3 is 2.59 bits per heavy atom. The fourth-order valence-corrected chi connectivity index (χ4v) is 3.50. The highest BCUT2D eigenvalue weighted by molar-refractivity contribution is 9.10. The van der Waals surface area contributed by atoms with Gasteiger partial charge in [-0.25, -0.2) is 0 Å². The van der Waals surface area contributed by atoms with Gasteiger partial charge in [-0.2, -0.15) is 0 Å². The van der Waals surface area contributed by atoms with E-state index in [1.807, 2.05) is 19.2 Å². The molecule has 0 radical (unpaired) electrons. The molecule has 1 saturated carbocycles. The molecule has 1 atom stereocenters. The summed E-state index contributed by atoms with van der Waals surface area (Å²) in [4.78, 5) is 12.9. The summed E-state index contributed by atoms with van der Waals surface area (Å²) in [6, 6.07) is 8.53. The number of likely N-dealkylation sites (N-methyl/N-ethyl adjacent to an activating group) is 1. The van der Waals surface area contributed by atoms with Crippen LogP contribution in [-0.2, 0) is 10.2 Å². The normalized spacial score (nSPS) is 18.1. The van der Waals surface area contributed by atoms with E-state index in [0.29, 0.717) is 6.54 Å². The van der Waals surface area contributed by atoms with Gasteiger partial charge in [-0.05, 0) is 44.5 Å². The van der Waals surface area contributed by atoms with Crippen molar-refractivity contribution in [2.75, 3.05) is 13.6 Å². The van der Waals surface area contributed by atoms with E-state index in [0.717, 1.165) is 35.7 Å². The molecule has 5 heteroatoms. The van der Waals surface area contributed by atoms with Gasteiger partial charge >= 0.3 is 0 Å². The zero-order valence-corrected chi connectivity index (χ0v) is 15.7. The second-order valence-electron chi connectivity index (χ2n) is 6.05. The quantitative estimate of drug-likeness (QED) is 0.804. The van der Waals surface area contributed by atoms with Crippen molar-refractivity contribution in [3.05, 3.63) is 34.3 Å². The van der Waals surface area contributed by atoms with Crippen LogP contribution in [0.15, 0.2) is 28.7 Å². The van der Waals surface area contributed by atoms with Crippen LogP contribution in [0.25, 0.3) is 0 Å². The van der Waals surface area contributed by atoms with Crippen LogP contribution in [0.3, 0.4) is 0 Å². The van der Waals surface area contributed by atoms with E-state index in [9.17, 15) is 4.79 Å². The van der Waals surface area contributed by atoms with Crippen LogP contribution in [-0.4, -0.2) is 25.5 Å². The number of hydrogen-bond acceptors (Lipinski definition) is 2. The Labute approximate surface area is 148 Å². The first-order valence-electron chi connectivity index (χ1n) is 7.80. The molecule has 1 aliphatic carbocycles. The summed E-state index contributed by atoms with van der Waals surface area (Å²) in [5, 5.41) is 6.31. The Morgan fingerprint density at radius 2 is 2.00 bits per heavy atom. The maximum Gasteiger partial charge on any atom is 0.230 e. The highest BCUT2D eigenvalue weighted by atomic mass is 79.9. The van der Waals surface area contributed by atoms with E-state index in [1.54, 1.807) is 0 Å². The van der Waals surface area contributed by atoms with Crippen LogP contribution < -0.4 is 10.6 Å². The first-order chi connectivity index (χ1) is 10.1. The second-order valence-corrected chi connectivity index (χ2v) is 6.97. The Kier molecular flexibility index (Phi) is 7.87. The maximum atomic E-state index is 12.9. The summed E-state index contributed by atoms with van der Waals surface area (Å²) < 4.78 is 1.04. The van der Waals surface area contributed by atoms with Crippen molar-refractivity contribution >= 4 is 34.2 Å². The summed E-state index contributed by atoms with van der Waals surface area (Å²) in [7, 11) is 1.92. The van der Waals surface area contributed by atoms with Gasteiger partial charge in [0.2, 0.25) is 5.91 Å². The van der Waals surface area contributed by atoms with Crippen LogP contribution in [0, 0.1) is 0 Å². The maximum absolute atomic E-state index is 12.9. The van der Waals surface area contributed by atoms with E-state index in [4.69, 9.17) is 0 Å². The molecule has 0 heterocycles. The first kappa shape index (κ1) is 19.5. The second kappa shape index (κ2) is 8.90. The molecule has 124 valence electrons. The average Bonchev–Trinajstić information content (AvgIpc) is 2.52. The number of carbonyl (C=O) groups excluding carboxylic acids is 1. The third-order valence-corrected chi connectivity index (χ3v) is 5.07. The lowest BCUT2D eigenvalue weighted by atomic mass is 9.68. The zero-order chi connectivity index (χ0) is 15.3. The van der Waals surface area contributed by atoms with Crippen molar-refractivity contribution < 1.29 is 4.79 Å². The highest BCUT2D eigenvalue weighted by Crippen LogP contribution is 2.40. The minimum atomic E-state index is -0.352. The molecule has 22 heavy (non-hydrogen) atoms.